The predicted octanol–water partition coefficient (Wildman–Crippen LogP) is 2.24. The smallest absolute Gasteiger partial charge is 0.338 e. The second-order valence-corrected chi connectivity index (χ2v) is 13.7. The van der Waals surface area contributed by atoms with E-state index in [1.54, 1.807) is 30.3 Å². The van der Waals surface area contributed by atoms with Gasteiger partial charge in [0.1, 0.15) is 12.2 Å². The zero-order chi connectivity index (χ0) is 22.7. The Morgan fingerprint density at radius 1 is 1.07 bits per heavy atom. The van der Waals surface area contributed by atoms with Crippen LogP contribution in [-0.2, 0) is 23.4 Å². The van der Waals surface area contributed by atoms with Gasteiger partial charge in [-0.05, 0) is 30.3 Å². The molecule has 0 saturated carbocycles. The minimum Gasteiger partial charge on any atom is -0.456 e. The Labute approximate surface area is 178 Å². The van der Waals surface area contributed by atoms with Crippen molar-refractivity contribution in [3.8, 4) is 0 Å². The first kappa shape index (κ1) is 24.5. The van der Waals surface area contributed by atoms with Crippen LogP contribution in [0.2, 0.25) is 18.1 Å². The zero-order valence-electron chi connectivity index (χ0n) is 18.3. The predicted molar refractivity (Wildman–Crippen MR) is 111 cm³/mol. The molecule has 1 saturated heterocycles. The van der Waals surface area contributed by atoms with Crippen molar-refractivity contribution >= 4 is 20.3 Å². The number of hydrogen-bond acceptors (Lipinski definition) is 8. The monoisotopic (exact) mass is 440 g/mol. The molecule has 1 fully saturated rings. The van der Waals surface area contributed by atoms with Crippen molar-refractivity contribution in [2.45, 2.75) is 76.5 Å². The lowest BCUT2D eigenvalue weighted by Gasteiger charge is -2.47. The number of benzene rings is 1. The van der Waals surface area contributed by atoms with Crippen LogP contribution in [0.3, 0.4) is 0 Å². The Hall–Kier alpha value is -1.78. The average Bonchev–Trinajstić information content (AvgIpc) is 2.65. The normalized spacial score (nSPS) is 27.4. The molecular formula is C21H32O8Si. The van der Waals surface area contributed by atoms with Gasteiger partial charge in [0.15, 0.2) is 26.8 Å². The fourth-order valence-corrected chi connectivity index (χ4v) is 4.20. The zero-order valence-corrected chi connectivity index (χ0v) is 19.3. The summed E-state index contributed by atoms with van der Waals surface area (Å²) in [5.41, 5.74) is 0.295. The summed E-state index contributed by atoms with van der Waals surface area (Å²) in [6.07, 6.45) is -5.94. The van der Waals surface area contributed by atoms with Gasteiger partial charge in [0.2, 0.25) is 0 Å². The van der Waals surface area contributed by atoms with Crippen LogP contribution in [-0.4, -0.2) is 67.8 Å². The Morgan fingerprint density at radius 3 is 2.17 bits per heavy atom. The van der Waals surface area contributed by atoms with Crippen molar-refractivity contribution < 1.29 is 38.4 Å². The molecule has 0 radical (unpaired) electrons. The maximum atomic E-state index is 12.6. The van der Waals surface area contributed by atoms with Crippen molar-refractivity contribution in [3.05, 3.63) is 35.9 Å². The summed E-state index contributed by atoms with van der Waals surface area (Å²) in [4.78, 5) is 24.5. The Kier molecular flexibility index (Phi) is 7.81. The van der Waals surface area contributed by atoms with E-state index in [4.69, 9.17) is 18.6 Å². The van der Waals surface area contributed by atoms with Gasteiger partial charge in [-0.15, -0.1) is 0 Å². The molecule has 0 aliphatic carbocycles. The van der Waals surface area contributed by atoms with E-state index in [1.165, 1.54) is 6.92 Å². The third-order valence-electron chi connectivity index (χ3n) is 5.58. The molecule has 168 valence electrons. The van der Waals surface area contributed by atoms with Crippen LogP contribution in [0.5, 0.6) is 0 Å². The third kappa shape index (κ3) is 5.67. The summed E-state index contributed by atoms with van der Waals surface area (Å²) in [6, 6.07) is 8.30. The lowest BCUT2D eigenvalue weighted by Crippen LogP contribution is -2.64. The van der Waals surface area contributed by atoms with Gasteiger partial charge in [0.05, 0.1) is 12.2 Å². The van der Waals surface area contributed by atoms with Crippen LogP contribution in [0.1, 0.15) is 38.1 Å². The van der Waals surface area contributed by atoms with E-state index in [0.29, 0.717) is 5.56 Å². The average molecular weight is 441 g/mol. The molecule has 0 aromatic heterocycles. The molecule has 9 heteroatoms. The summed E-state index contributed by atoms with van der Waals surface area (Å²) in [5.74, 6) is -1.29. The molecule has 1 aromatic rings. The molecule has 1 aliphatic rings. The first-order chi connectivity index (χ1) is 13.9. The highest BCUT2D eigenvalue weighted by Crippen LogP contribution is 2.40. The second kappa shape index (κ2) is 9.57. The van der Waals surface area contributed by atoms with Gasteiger partial charge in [0.25, 0.3) is 0 Å². The SMILES string of the molecule is CC(=O)O[C@@H]1[C@@H](O[Si](C)(C)C(C)(C)C)[C@@H](O)O[C@H](CO)[C@H]1OC(=O)c1ccccc1. The number of esters is 2. The minimum atomic E-state index is -2.43. The van der Waals surface area contributed by atoms with Gasteiger partial charge in [-0.2, -0.15) is 0 Å². The Balaban J connectivity index is 2.37. The molecule has 0 unspecified atom stereocenters. The molecular weight excluding hydrogens is 408 g/mol. The number of carbonyl (C=O) groups excluding carboxylic acids is 2. The van der Waals surface area contributed by atoms with Crippen LogP contribution in [0.4, 0.5) is 0 Å². The molecule has 1 aromatic carbocycles. The number of ether oxygens (including phenoxy) is 3. The highest BCUT2D eigenvalue weighted by Gasteiger charge is 2.53. The summed E-state index contributed by atoms with van der Waals surface area (Å²) < 4.78 is 22.8. The molecule has 8 nitrogen and oxygen atoms in total. The maximum absolute atomic E-state index is 12.6. The van der Waals surface area contributed by atoms with Gasteiger partial charge in [-0.25, -0.2) is 4.79 Å². The van der Waals surface area contributed by atoms with Crippen molar-refractivity contribution in [3.63, 3.8) is 0 Å². The van der Waals surface area contributed by atoms with E-state index in [2.05, 4.69) is 0 Å². The van der Waals surface area contributed by atoms with Gasteiger partial charge in [0, 0.05) is 6.92 Å². The van der Waals surface area contributed by atoms with Crippen molar-refractivity contribution in [2.75, 3.05) is 6.61 Å². The second-order valence-electron chi connectivity index (χ2n) is 8.90. The molecule has 1 heterocycles. The van der Waals surface area contributed by atoms with E-state index >= 15 is 0 Å². The van der Waals surface area contributed by atoms with E-state index in [0.717, 1.165) is 0 Å². The van der Waals surface area contributed by atoms with Crippen LogP contribution >= 0.6 is 0 Å². The molecule has 5 atom stereocenters. The standard InChI is InChI=1S/C21H32O8Si/c1-13(23)26-17-16(28-19(24)14-10-8-7-9-11-14)15(12-22)27-20(25)18(17)29-30(5,6)21(2,3)4/h7-11,15-18,20,22,25H,12H2,1-6H3/t15-,16-,17+,18-,20+/m1/s1. The number of aliphatic hydroxyl groups excluding tert-OH is 2. The Morgan fingerprint density at radius 2 is 1.67 bits per heavy atom. The highest BCUT2D eigenvalue weighted by atomic mass is 28.4. The van der Waals surface area contributed by atoms with Crippen molar-refractivity contribution in [1.29, 1.82) is 0 Å². The van der Waals surface area contributed by atoms with Crippen molar-refractivity contribution in [2.24, 2.45) is 0 Å². The molecule has 0 bridgehead atoms. The highest BCUT2D eigenvalue weighted by molar-refractivity contribution is 6.74. The lowest BCUT2D eigenvalue weighted by molar-refractivity contribution is -0.285. The summed E-state index contributed by atoms with van der Waals surface area (Å²) in [7, 11) is -2.43. The van der Waals surface area contributed by atoms with E-state index in [-0.39, 0.29) is 5.04 Å². The van der Waals surface area contributed by atoms with Gasteiger partial charge in [-0.1, -0.05) is 39.0 Å². The topological polar surface area (TPSA) is 112 Å². The first-order valence-corrected chi connectivity index (χ1v) is 12.8. The van der Waals surface area contributed by atoms with Gasteiger partial charge < -0.3 is 28.8 Å². The Bertz CT molecular complexity index is 730. The number of rotatable bonds is 6. The molecule has 1 aliphatic heterocycles. The summed E-state index contributed by atoms with van der Waals surface area (Å²) in [6.45, 7) is 10.7. The first-order valence-electron chi connectivity index (χ1n) is 9.93. The van der Waals surface area contributed by atoms with Gasteiger partial charge in [-0.3, -0.25) is 4.79 Å². The fraction of sp³-hybridized carbons (Fsp3) is 0.619. The molecule has 0 spiro atoms. The van der Waals surface area contributed by atoms with E-state index < -0.39 is 57.6 Å². The largest absolute Gasteiger partial charge is 0.456 e. The van der Waals surface area contributed by atoms with Gasteiger partial charge >= 0.3 is 11.9 Å². The quantitative estimate of drug-likeness (QED) is 0.512. The number of hydrogen-bond donors (Lipinski definition) is 2. The van der Waals surface area contributed by atoms with E-state index in [9.17, 15) is 19.8 Å². The molecule has 30 heavy (non-hydrogen) atoms. The lowest BCUT2D eigenvalue weighted by atomic mass is 9.98. The molecule has 0 amide bonds. The van der Waals surface area contributed by atoms with E-state index in [1.807, 2.05) is 33.9 Å². The summed E-state index contributed by atoms with van der Waals surface area (Å²) in [5, 5.41) is 20.1. The van der Waals surface area contributed by atoms with Crippen molar-refractivity contribution in [1.82, 2.24) is 0 Å². The molecule has 2 N–H and O–H groups in total. The van der Waals surface area contributed by atoms with Crippen LogP contribution < -0.4 is 0 Å². The molecule has 2 rings (SSSR count). The van der Waals surface area contributed by atoms with Crippen LogP contribution in [0.15, 0.2) is 30.3 Å². The van der Waals surface area contributed by atoms with Crippen LogP contribution in [0.25, 0.3) is 0 Å². The fourth-order valence-electron chi connectivity index (χ4n) is 2.92. The van der Waals surface area contributed by atoms with Crippen LogP contribution in [0, 0.1) is 0 Å². The summed E-state index contributed by atoms with van der Waals surface area (Å²) >= 11 is 0. The number of aliphatic hydroxyl groups is 2. The third-order valence-corrected chi connectivity index (χ3v) is 10.1. The maximum Gasteiger partial charge on any atom is 0.338 e. The minimum absolute atomic E-state index is 0.197. The number of carbonyl (C=O) groups is 2.